The zero-order valence-corrected chi connectivity index (χ0v) is 10.2. The minimum atomic E-state index is 0.374. The van der Waals surface area contributed by atoms with Gasteiger partial charge in [0.25, 0.3) is 0 Å². The number of hydrogen-bond acceptors (Lipinski definition) is 4. The maximum absolute atomic E-state index is 5.48. The number of anilines is 1. The Labute approximate surface area is 101 Å². The van der Waals surface area contributed by atoms with Crippen molar-refractivity contribution in [2.45, 2.75) is 12.8 Å². The lowest BCUT2D eigenvalue weighted by molar-refractivity contribution is 0.194. The summed E-state index contributed by atoms with van der Waals surface area (Å²) in [5.74, 6) is 0.845. The first-order valence-corrected chi connectivity index (χ1v) is 5.63. The van der Waals surface area contributed by atoms with E-state index in [-0.39, 0.29) is 0 Å². The zero-order valence-electron chi connectivity index (χ0n) is 9.40. The van der Waals surface area contributed by atoms with E-state index >= 15 is 0 Å². The molecular weight excluding hydrogens is 222 g/mol. The van der Waals surface area contributed by atoms with E-state index in [1.54, 1.807) is 13.3 Å². The average molecular weight is 239 g/mol. The molecule has 0 aliphatic heterocycles. The maximum atomic E-state index is 5.48. The number of nitrogens with zero attached hydrogens (tertiary/aromatic N) is 1. The summed E-state index contributed by atoms with van der Waals surface area (Å²) in [6, 6.07) is 3.75. The lowest BCUT2D eigenvalue weighted by atomic mass is 10.3. The summed E-state index contributed by atoms with van der Waals surface area (Å²) in [7, 11) is 1.71. The van der Waals surface area contributed by atoms with Crippen molar-refractivity contribution in [2.24, 2.45) is 5.73 Å². The third-order valence-electron chi connectivity index (χ3n) is 2.13. The fourth-order valence-electron chi connectivity index (χ4n) is 1.23. The Kier molecular flexibility index (Phi) is 5.74. The topological polar surface area (TPSA) is 60.2 Å². The summed E-state index contributed by atoms with van der Waals surface area (Å²) in [4.78, 5) is 4.58. The Bertz CT molecular complexity index is 327. The van der Waals surface area contributed by atoms with Crippen LogP contribution < -0.4 is 11.1 Å². The molecule has 0 unspecified atom stereocenters. The molecule has 0 radical (unpaired) electrons. The van der Waals surface area contributed by atoms with E-state index in [9.17, 15) is 0 Å². The number of unbranched alkanes of at least 4 members (excludes halogenated alkanes) is 1. The van der Waals surface area contributed by atoms with Crippen molar-refractivity contribution >= 4 is 23.0 Å². The molecule has 0 bridgehead atoms. The summed E-state index contributed by atoms with van der Waals surface area (Å²) in [6.07, 6.45) is 3.79. The van der Waals surface area contributed by atoms with Crippen LogP contribution in [0.25, 0.3) is 0 Å². The van der Waals surface area contributed by atoms with E-state index in [4.69, 9.17) is 22.7 Å². The fourth-order valence-corrected chi connectivity index (χ4v) is 1.35. The number of aromatic nitrogens is 1. The Hall–Kier alpha value is -1.20. The Morgan fingerprint density at radius 2 is 2.31 bits per heavy atom. The molecule has 0 fully saturated rings. The van der Waals surface area contributed by atoms with Crippen molar-refractivity contribution in [1.82, 2.24) is 4.98 Å². The van der Waals surface area contributed by atoms with Gasteiger partial charge in [0.15, 0.2) is 0 Å². The number of pyridine rings is 1. The number of ether oxygens (including phenoxy) is 1. The van der Waals surface area contributed by atoms with E-state index in [0.29, 0.717) is 4.99 Å². The van der Waals surface area contributed by atoms with E-state index in [0.717, 1.165) is 37.4 Å². The lowest BCUT2D eigenvalue weighted by Crippen LogP contribution is -2.10. The molecule has 1 aromatic heterocycles. The van der Waals surface area contributed by atoms with Gasteiger partial charge in [0.2, 0.25) is 0 Å². The van der Waals surface area contributed by atoms with Gasteiger partial charge >= 0.3 is 0 Å². The minimum absolute atomic E-state index is 0.374. The van der Waals surface area contributed by atoms with Gasteiger partial charge in [-0.3, -0.25) is 0 Å². The van der Waals surface area contributed by atoms with Crippen LogP contribution in [0.1, 0.15) is 18.4 Å². The molecule has 5 heteroatoms. The van der Waals surface area contributed by atoms with Gasteiger partial charge in [-0.15, -0.1) is 0 Å². The van der Waals surface area contributed by atoms with Crippen molar-refractivity contribution in [1.29, 1.82) is 0 Å². The molecule has 0 spiro atoms. The quantitative estimate of drug-likeness (QED) is 0.558. The van der Waals surface area contributed by atoms with Crippen LogP contribution in [0.15, 0.2) is 18.3 Å². The molecule has 3 N–H and O–H groups in total. The molecule has 0 amide bonds. The van der Waals surface area contributed by atoms with Crippen LogP contribution in [0.3, 0.4) is 0 Å². The maximum Gasteiger partial charge on any atom is 0.125 e. The molecule has 4 nitrogen and oxygen atoms in total. The molecule has 1 heterocycles. The summed E-state index contributed by atoms with van der Waals surface area (Å²) < 4.78 is 4.96. The Balaban J connectivity index is 2.29. The van der Waals surface area contributed by atoms with E-state index in [1.807, 2.05) is 12.1 Å². The second-order valence-electron chi connectivity index (χ2n) is 3.42. The number of rotatable bonds is 7. The van der Waals surface area contributed by atoms with Gasteiger partial charge in [0, 0.05) is 32.0 Å². The number of thiocarbonyl (C=S) groups is 1. The van der Waals surface area contributed by atoms with Crippen molar-refractivity contribution in [3.63, 3.8) is 0 Å². The highest BCUT2D eigenvalue weighted by molar-refractivity contribution is 7.80. The second-order valence-corrected chi connectivity index (χ2v) is 3.86. The predicted octanol–water partition coefficient (Wildman–Crippen LogP) is 1.55. The van der Waals surface area contributed by atoms with Gasteiger partial charge < -0.3 is 15.8 Å². The van der Waals surface area contributed by atoms with Gasteiger partial charge in [0.05, 0.1) is 0 Å². The first-order chi connectivity index (χ1) is 7.74. The van der Waals surface area contributed by atoms with Crippen molar-refractivity contribution < 1.29 is 4.74 Å². The zero-order chi connectivity index (χ0) is 11.8. The Morgan fingerprint density at radius 3 is 2.88 bits per heavy atom. The predicted molar refractivity (Wildman–Crippen MR) is 69.7 cm³/mol. The molecule has 16 heavy (non-hydrogen) atoms. The largest absolute Gasteiger partial charge is 0.389 e. The molecule has 1 aromatic rings. The summed E-state index contributed by atoms with van der Waals surface area (Å²) in [5, 5.41) is 3.22. The summed E-state index contributed by atoms with van der Waals surface area (Å²) >= 11 is 4.84. The van der Waals surface area contributed by atoms with Gasteiger partial charge in [-0.2, -0.15) is 0 Å². The molecule has 0 aromatic carbocycles. The molecule has 0 aliphatic rings. The number of nitrogens with one attached hydrogen (secondary N) is 1. The smallest absolute Gasteiger partial charge is 0.125 e. The van der Waals surface area contributed by atoms with E-state index < -0.39 is 0 Å². The number of nitrogens with two attached hydrogens (primary N) is 1. The van der Waals surface area contributed by atoms with E-state index in [2.05, 4.69) is 10.3 Å². The monoisotopic (exact) mass is 239 g/mol. The van der Waals surface area contributed by atoms with Gasteiger partial charge in [-0.25, -0.2) is 4.98 Å². The van der Waals surface area contributed by atoms with E-state index in [1.165, 1.54) is 0 Å². The van der Waals surface area contributed by atoms with Crippen LogP contribution in [0.2, 0.25) is 0 Å². The van der Waals surface area contributed by atoms with Crippen LogP contribution in [-0.2, 0) is 4.74 Å². The van der Waals surface area contributed by atoms with Gasteiger partial charge in [0.1, 0.15) is 10.8 Å². The Morgan fingerprint density at radius 1 is 1.50 bits per heavy atom. The SMILES string of the molecule is COCCCCNc1ccc(C(N)=S)cn1. The molecular formula is C11H17N3OS. The lowest BCUT2D eigenvalue weighted by Gasteiger charge is -2.05. The average Bonchev–Trinajstić information content (AvgIpc) is 2.29. The third-order valence-corrected chi connectivity index (χ3v) is 2.37. The highest BCUT2D eigenvalue weighted by atomic mass is 32.1. The molecule has 0 aliphatic carbocycles. The fraction of sp³-hybridized carbons (Fsp3) is 0.455. The number of hydrogen-bond donors (Lipinski definition) is 2. The highest BCUT2D eigenvalue weighted by Crippen LogP contribution is 2.05. The standard InChI is InChI=1S/C11H17N3OS/c1-15-7-3-2-6-13-10-5-4-9(8-14-10)11(12)16/h4-5,8H,2-3,6-7H2,1H3,(H2,12,16)(H,13,14). The van der Waals surface area contributed by atoms with Crippen LogP contribution in [0, 0.1) is 0 Å². The third kappa shape index (κ3) is 4.55. The first-order valence-electron chi connectivity index (χ1n) is 5.22. The van der Waals surface area contributed by atoms with Gasteiger partial charge in [-0.05, 0) is 25.0 Å². The molecule has 0 saturated heterocycles. The van der Waals surface area contributed by atoms with Crippen molar-refractivity contribution in [3.8, 4) is 0 Å². The molecule has 88 valence electrons. The van der Waals surface area contributed by atoms with Crippen LogP contribution >= 0.6 is 12.2 Å². The summed E-state index contributed by atoms with van der Waals surface area (Å²) in [5.41, 5.74) is 6.27. The summed E-state index contributed by atoms with van der Waals surface area (Å²) in [6.45, 7) is 1.69. The second kappa shape index (κ2) is 7.14. The van der Waals surface area contributed by atoms with Crippen molar-refractivity contribution in [3.05, 3.63) is 23.9 Å². The van der Waals surface area contributed by atoms with Crippen LogP contribution in [-0.4, -0.2) is 30.2 Å². The molecule has 0 saturated carbocycles. The van der Waals surface area contributed by atoms with Gasteiger partial charge in [-0.1, -0.05) is 12.2 Å². The molecule has 0 atom stereocenters. The van der Waals surface area contributed by atoms with Crippen LogP contribution in [0.5, 0.6) is 0 Å². The van der Waals surface area contributed by atoms with Crippen molar-refractivity contribution in [2.75, 3.05) is 25.6 Å². The van der Waals surface area contributed by atoms with Crippen LogP contribution in [0.4, 0.5) is 5.82 Å². The molecule has 1 rings (SSSR count). The highest BCUT2D eigenvalue weighted by Gasteiger charge is 1.97. The first kappa shape index (κ1) is 12.9. The normalized spacial score (nSPS) is 10.1. The minimum Gasteiger partial charge on any atom is -0.389 e. The number of methoxy groups -OCH3 is 1.